The standard InChI is InChI=1S/C24H22N2O3S/c1-13-10-15-17(19-20(27)25-22(29)30-19)21(28)26-18(15)16(11-13)24(4,12-23(26,2)3)14-8-6-5-7-9-14/h5-11H,12H2,1-4H3,(H,25,27,29)/b19-17+/t24-/m1/s1. The van der Waals surface area contributed by atoms with Crippen LogP contribution in [-0.2, 0) is 15.0 Å². The third kappa shape index (κ3) is 2.46. The van der Waals surface area contributed by atoms with Crippen molar-refractivity contribution in [2.75, 3.05) is 4.90 Å². The number of carbonyl (C=O) groups excluding carboxylic acids is 3. The van der Waals surface area contributed by atoms with Crippen LogP contribution >= 0.6 is 11.8 Å². The number of nitrogens with zero attached hydrogens (tertiary/aromatic N) is 1. The maximum atomic E-state index is 13.7. The van der Waals surface area contributed by atoms with Crippen LogP contribution in [0.2, 0.25) is 0 Å². The molecular formula is C24H22N2O3S. The van der Waals surface area contributed by atoms with E-state index in [-0.39, 0.29) is 16.2 Å². The number of imide groups is 1. The molecule has 6 heteroatoms. The van der Waals surface area contributed by atoms with Crippen molar-refractivity contribution in [3.8, 4) is 0 Å². The molecule has 1 atom stereocenters. The van der Waals surface area contributed by atoms with Gasteiger partial charge >= 0.3 is 0 Å². The molecule has 5 rings (SSSR count). The highest BCUT2D eigenvalue weighted by atomic mass is 32.2. The number of amides is 3. The molecule has 0 aromatic heterocycles. The Morgan fingerprint density at radius 1 is 1.03 bits per heavy atom. The van der Waals surface area contributed by atoms with Crippen LogP contribution in [0.15, 0.2) is 47.4 Å². The zero-order valence-electron chi connectivity index (χ0n) is 17.3. The fraction of sp³-hybridized carbons (Fsp3) is 0.292. The zero-order chi connectivity index (χ0) is 21.4. The summed E-state index contributed by atoms with van der Waals surface area (Å²) in [5.41, 5.74) is 4.50. The first-order valence-electron chi connectivity index (χ1n) is 9.96. The molecule has 2 aromatic carbocycles. The Balaban J connectivity index is 1.86. The third-order valence-corrected chi connectivity index (χ3v) is 7.29. The Kier molecular flexibility index (Phi) is 3.87. The fourth-order valence-electron chi connectivity index (χ4n) is 5.34. The second-order valence-electron chi connectivity index (χ2n) is 9.08. The molecule has 5 nitrogen and oxygen atoms in total. The smallest absolute Gasteiger partial charge is 0.290 e. The van der Waals surface area contributed by atoms with E-state index in [0.29, 0.717) is 5.57 Å². The highest BCUT2D eigenvalue weighted by Gasteiger charge is 2.54. The molecule has 0 unspecified atom stereocenters. The quantitative estimate of drug-likeness (QED) is 0.692. The van der Waals surface area contributed by atoms with Crippen molar-refractivity contribution in [2.24, 2.45) is 0 Å². The van der Waals surface area contributed by atoms with Gasteiger partial charge in [-0.05, 0) is 56.1 Å². The summed E-state index contributed by atoms with van der Waals surface area (Å²) in [5, 5.41) is 1.85. The number of thioether (sulfide) groups is 1. The van der Waals surface area contributed by atoms with Crippen molar-refractivity contribution in [3.05, 3.63) is 69.6 Å². The number of anilines is 1. The first kappa shape index (κ1) is 19.1. The van der Waals surface area contributed by atoms with Crippen LogP contribution in [-0.4, -0.2) is 22.6 Å². The van der Waals surface area contributed by atoms with Crippen LogP contribution in [0.3, 0.4) is 0 Å². The van der Waals surface area contributed by atoms with Gasteiger partial charge in [0, 0.05) is 16.5 Å². The van der Waals surface area contributed by atoms with E-state index in [1.807, 2.05) is 36.1 Å². The average Bonchev–Trinajstić information content (AvgIpc) is 3.15. The van der Waals surface area contributed by atoms with Crippen molar-refractivity contribution >= 4 is 40.1 Å². The van der Waals surface area contributed by atoms with Gasteiger partial charge in [0.05, 0.1) is 16.2 Å². The molecule has 2 aromatic rings. The Morgan fingerprint density at radius 3 is 2.37 bits per heavy atom. The fourth-order valence-corrected chi connectivity index (χ4v) is 6.11. The summed E-state index contributed by atoms with van der Waals surface area (Å²) >= 11 is 0.812. The van der Waals surface area contributed by atoms with Gasteiger partial charge in [-0.25, -0.2) is 0 Å². The molecule has 1 fully saturated rings. The summed E-state index contributed by atoms with van der Waals surface area (Å²) < 4.78 is 0. The van der Waals surface area contributed by atoms with Gasteiger partial charge < -0.3 is 4.90 Å². The molecule has 0 aliphatic carbocycles. The molecule has 1 N–H and O–H groups in total. The van der Waals surface area contributed by atoms with E-state index in [2.05, 4.69) is 44.3 Å². The molecule has 0 saturated carbocycles. The van der Waals surface area contributed by atoms with Gasteiger partial charge in [0.1, 0.15) is 0 Å². The Morgan fingerprint density at radius 2 is 1.73 bits per heavy atom. The number of nitrogens with one attached hydrogen (secondary N) is 1. The molecule has 152 valence electrons. The van der Waals surface area contributed by atoms with E-state index < -0.39 is 16.7 Å². The molecular weight excluding hydrogens is 396 g/mol. The van der Waals surface area contributed by atoms with Crippen LogP contribution in [0.25, 0.3) is 5.57 Å². The monoisotopic (exact) mass is 418 g/mol. The normalized spacial score (nSPS) is 26.8. The first-order valence-corrected chi connectivity index (χ1v) is 10.8. The zero-order valence-corrected chi connectivity index (χ0v) is 18.1. The van der Waals surface area contributed by atoms with Crippen molar-refractivity contribution in [1.29, 1.82) is 0 Å². The lowest BCUT2D eigenvalue weighted by molar-refractivity contribution is -0.116. The van der Waals surface area contributed by atoms with Gasteiger partial charge in [-0.3, -0.25) is 19.7 Å². The average molecular weight is 419 g/mol. The summed E-state index contributed by atoms with van der Waals surface area (Å²) in [7, 11) is 0. The van der Waals surface area contributed by atoms with Gasteiger partial charge in [-0.2, -0.15) is 0 Å². The third-order valence-electron chi connectivity index (χ3n) is 6.40. The minimum Gasteiger partial charge on any atom is -0.302 e. The van der Waals surface area contributed by atoms with Crippen molar-refractivity contribution in [1.82, 2.24) is 5.32 Å². The second-order valence-corrected chi connectivity index (χ2v) is 10.1. The highest BCUT2D eigenvalue weighted by Crippen LogP contribution is 2.57. The van der Waals surface area contributed by atoms with Gasteiger partial charge in [0.2, 0.25) is 0 Å². The largest absolute Gasteiger partial charge is 0.302 e. The molecule has 3 heterocycles. The number of carbonyl (C=O) groups is 3. The second kappa shape index (κ2) is 6.08. The minimum atomic E-state index is -0.493. The molecule has 3 aliphatic heterocycles. The van der Waals surface area contributed by atoms with Gasteiger partial charge in [0.15, 0.2) is 0 Å². The lowest BCUT2D eigenvalue weighted by Crippen LogP contribution is -2.54. The van der Waals surface area contributed by atoms with E-state index in [4.69, 9.17) is 0 Å². The van der Waals surface area contributed by atoms with E-state index >= 15 is 0 Å². The van der Waals surface area contributed by atoms with Gasteiger partial charge in [-0.15, -0.1) is 0 Å². The van der Waals surface area contributed by atoms with Crippen LogP contribution in [0.4, 0.5) is 10.5 Å². The van der Waals surface area contributed by atoms with Crippen LogP contribution in [0.1, 0.15) is 49.4 Å². The Hall–Kier alpha value is -2.86. The van der Waals surface area contributed by atoms with Crippen molar-refractivity contribution in [2.45, 2.75) is 45.1 Å². The molecule has 3 amide bonds. The molecule has 0 bridgehead atoms. The molecule has 30 heavy (non-hydrogen) atoms. The van der Waals surface area contributed by atoms with Crippen molar-refractivity contribution in [3.63, 3.8) is 0 Å². The van der Waals surface area contributed by atoms with Crippen molar-refractivity contribution < 1.29 is 14.4 Å². The minimum absolute atomic E-state index is 0.199. The SMILES string of the molecule is Cc1cc2c3c(c1)[C@@](C)(c1ccccc1)CC(C)(C)N3C(=O)/C2=C1/SC(=O)NC1=O. The lowest BCUT2D eigenvalue weighted by atomic mass is 9.65. The number of hydrogen-bond acceptors (Lipinski definition) is 4. The predicted molar refractivity (Wildman–Crippen MR) is 118 cm³/mol. The van der Waals surface area contributed by atoms with Gasteiger partial charge in [0.25, 0.3) is 17.1 Å². The van der Waals surface area contributed by atoms with E-state index in [0.717, 1.165) is 40.6 Å². The van der Waals surface area contributed by atoms with Gasteiger partial charge in [-0.1, -0.05) is 48.9 Å². The summed E-state index contributed by atoms with van der Waals surface area (Å²) in [5.74, 6) is -0.698. The van der Waals surface area contributed by atoms with Crippen LogP contribution < -0.4 is 10.2 Å². The Bertz CT molecular complexity index is 1180. The van der Waals surface area contributed by atoms with Crippen LogP contribution in [0, 0.1) is 6.92 Å². The number of benzene rings is 2. The molecule has 0 radical (unpaired) electrons. The summed E-state index contributed by atoms with van der Waals surface area (Å²) in [6.07, 6.45) is 0.743. The number of rotatable bonds is 1. The maximum Gasteiger partial charge on any atom is 0.290 e. The summed E-state index contributed by atoms with van der Waals surface area (Å²) in [6.45, 7) is 8.37. The van der Waals surface area contributed by atoms with E-state index in [1.165, 1.54) is 5.56 Å². The lowest BCUT2D eigenvalue weighted by Gasteiger charge is -2.50. The van der Waals surface area contributed by atoms with E-state index in [1.54, 1.807) is 0 Å². The topological polar surface area (TPSA) is 66.5 Å². The Labute approximate surface area is 179 Å². The first-order chi connectivity index (χ1) is 14.1. The van der Waals surface area contributed by atoms with E-state index in [9.17, 15) is 14.4 Å². The number of aryl methyl sites for hydroxylation is 1. The highest BCUT2D eigenvalue weighted by molar-refractivity contribution is 8.18. The summed E-state index contributed by atoms with van der Waals surface area (Å²) in [6, 6.07) is 14.5. The number of hydrogen-bond donors (Lipinski definition) is 1. The summed E-state index contributed by atoms with van der Waals surface area (Å²) in [4.78, 5) is 39.9. The molecule has 3 aliphatic rings. The molecule has 1 saturated heterocycles. The van der Waals surface area contributed by atoms with Crippen LogP contribution in [0.5, 0.6) is 0 Å². The predicted octanol–water partition coefficient (Wildman–Crippen LogP) is 4.52. The maximum absolute atomic E-state index is 13.7. The molecule has 0 spiro atoms.